The number of benzene rings is 2. The Morgan fingerprint density at radius 1 is 1.00 bits per heavy atom. The van der Waals surface area contributed by atoms with E-state index in [0.29, 0.717) is 0 Å². The van der Waals surface area contributed by atoms with Gasteiger partial charge in [0.25, 0.3) is 0 Å². The highest BCUT2D eigenvalue weighted by Gasteiger charge is 2.11. The zero-order valence-electron chi connectivity index (χ0n) is 17.2. The quantitative estimate of drug-likeness (QED) is 0.520. The lowest BCUT2D eigenvalue weighted by Crippen LogP contribution is -2.38. The molecule has 0 saturated carbocycles. The summed E-state index contributed by atoms with van der Waals surface area (Å²) >= 11 is 0. The van der Waals surface area contributed by atoms with Crippen LogP contribution < -0.4 is 5.32 Å². The van der Waals surface area contributed by atoms with Gasteiger partial charge in [-0.05, 0) is 42.0 Å². The van der Waals surface area contributed by atoms with Crippen LogP contribution in [0, 0.1) is 0 Å². The van der Waals surface area contributed by atoms with Gasteiger partial charge >= 0.3 is 0 Å². The molecule has 1 aliphatic heterocycles. The van der Waals surface area contributed by atoms with E-state index in [1.54, 1.807) is 0 Å². The second kappa shape index (κ2) is 8.67. The topological polar surface area (TPSA) is 68.1 Å². The van der Waals surface area contributed by atoms with Crippen LogP contribution in [0.15, 0.2) is 79.8 Å². The molecule has 1 N–H and O–H groups in total. The first-order valence-electron chi connectivity index (χ1n) is 10.3. The van der Waals surface area contributed by atoms with Crippen LogP contribution in [0.5, 0.6) is 0 Å². The highest BCUT2D eigenvalue weighted by molar-refractivity contribution is 5.83. The molecule has 4 aromatic rings. The Morgan fingerprint density at radius 3 is 2.55 bits per heavy atom. The normalized spacial score (nSPS) is 14.6. The van der Waals surface area contributed by atoms with Crippen LogP contribution in [0.1, 0.15) is 0 Å². The number of anilines is 1. The van der Waals surface area contributed by atoms with E-state index in [1.807, 2.05) is 30.9 Å². The van der Waals surface area contributed by atoms with Crippen molar-refractivity contribution in [3.05, 3.63) is 79.8 Å². The van der Waals surface area contributed by atoms with Crippen LogP contribution in [-0.2, 0) is 4.74 Å². The molecule has 0 bridgehead atoms. The Bertz CT molecular complexity index is 1180. The minimum atomic E-state index is 0.792. The number of aromatic nitrogens is 4. The van der Waals surface area contributed by atoms with E-state index < -0.39 is 0 Å². The van der Waals surface area contributed by atoms with Crippen LogP contribution in [0.25, 0.3) is 27.8 Å². The average molecular weight is 412 g/mol. The molecule has 7 nitrogen and oxygen atoms in total. The van der Waals surface area contributed by atoms with Crippen molar-refractivity contribution in [3.63, 3.8) is 0 Å². The summed E-state index contributed by atoms with van der Waals surface area (Å²) in [6.45, 7) is 8.48. The Morgan fingerprint density at radius 2 is 1.77 bits per heavy atom. The smallest absolute Gasteiger partial charge is 0.115 e. The highest BCUT2D eigenvalue weighted by Crippen LogP contribution is 2.25. The van der Waals surface area contributed by atoms with Gasteiger partial charge in [-0.15, -0.1) is 0 Å². The third kappa shape index (κ3) is 4.33. The molecule has 1 aliphatic rings. The number of morpholine rings is 1. The Labute approximate surface area is 181 Å². The van der Waals surface area contributed by atoms with E-state index in [-0.39, 0.29) is 0 Å². The lowest BCUT2D eigenvalue weighted by atomic mass is 10.1. The molecule has 0 spiro atoms. The third-order valence-electron chi connectivity index (χ3n) is 5.43. The molecule has 1 fully saturated rings. The van der Waals surface area contributed by atoms with Crippen LogP contribution in [0.4, 0.5) is 5.69 Å². The molecular weight excluding hydrogens is 388 g/mol. The number of fused-ring (bicyclic) bond motifs is 1. The lowest BCUT2D eigenvalue weighted by Gasteiger charge is -2.27. The van der Waals surface area contributed by atoms with Gasteiger partial charge in [0.05, 0.1) is 24.2 Å². The van der Waals surface area contributed by atoms with Crippen molar-refractivity contribution in [2.75, 3.05) is 38.2 Å². The van der Waals surface area contributed by atoms with Gasteiger partial charge < -0.3 is 10.1 Å². The van der Waals surface area contributed by atoms with Crippen molar-refractivity contribution < 1.29 is 4.74 Å². The van der Waals surface area contributed by atoms with Gasteiger partial charge in [0.2, 0.25) is 0 Å². The molecular formula is C24H24N6O. The number of hydrogen-bond acceptors (Lipinski definition) is 6. The van der Waals surface area contributed by atoms with Crippen LogP contribution in [0.3, 0.4) is 0 Å². The first-order chi connectivity index (χ1) is 15.3. The average Bonchev–Trinajstić information content (AvgIpc) is 3.24. The number of nitrogens with one attached hydrogen (secondary N) is 1. The van der Waals surface area contributed by atoms with Gasteiger partial charge in [-0.1, -0.05) is 12.6 Å². The van der Waals surface area contributed by atoms with Crippen LogP contribution in [0.2, 0.25) is 0 Å². The van der Waals surface area contributed by atoms with Gasteiger partial charge in [0.15, 0.2) is 0 Å². The van der Waals surface area contributed by atoms with E-state index in [9.17, 15) is 0 Å². The Balaban J connectivity index is 1.34. The molecule has 2 aromatic heterocycles. The van der Waals surface area contributed by atoms with Gasteiger partial charge in [-0.3, -0.25) is 9.47 Å². The van der Waals surface area contributed by atoms with Crippen molar-refractivity contribution in [2.24, 2.45) is 0 Å². The summed E-state index contributed by atoms with van der Waals surface area (Å²) in [5.41, 5.74) is 7.09. The molecule has 0 radical (unpaired) electrons. The minimum Gasteiger partial charge on any atom is -0.379 e. The standard InChI is InChI=1S/C24H24N6O/c1-18(15-29-8-10-31-11-9-29)28-21-3-5-22(6-4-21)30-17-27-23-7-2-19(12-24(23)30)20-13-25-16-26-14-20/h2-7,12-14,16-17,28H,1,8-11,15H2. The van der Waals surface area contributed by atoms with E-state index in [4.69, 9.17) is 4.74 Å². The summed E-state index contributed by atoms with van der Waals surface area (Å²) in [6.07, 6.45) is 7.03. The third-order valence-corrected chi connectivity index (χ3v) is 5.43. The first-order valence-corrected chi connectivity index (χ1v) is 10.3. The molecule has 0 atom stereocenters. The van der Waals surface area contributed by atoms with Crippen molar-refractivity contribution in [2.45, 2.75) is 0 Å². The van der Waals surface area contributed by atoms with Gasteiger partial charge in [0, 0.05) is 54.7 Å². The van der Waals surface area contributed by atoms with Crippen molar-refractivity contribution in [1.82, 2.24) is 24.4 Å². The summed E-state index contributed by atoms with van der Waals surface area (Å²) in [7, 11) is 0. The van der Waals surface area contributed by atoms with E-state index >= 15 is 0 Å². The van der Waals surface area contributed by atoms with Gasteiger partial charge in [-0.25, -0.2) is 15.0 Å². The molecule has 1 saturated heterocycles. The second-order valence-electron chi connectivity index (χ2n) is 7.61. The zero-order valence-corrected chi connectivity index (χ0v) is 17.2. The fourth-order valence-electron chi connectivity index (χ4n) is 3.82. The molecule has 5 rings (SSSR count). The summed E-state index contributed by atoms with van der Waals surface area (Å²) in [4.78, 5) is 15.1. The molecule has 7 heteroatoms. The first kappa shape index (κ1) is 19.4. The lowest BCUT2D eigenvalue weighted by molar-refractivity contribution is 0.0424. The predicted octanol–water partition coefficient (Wildman–Crippen LogP) is 3.74. The SMILES string of the molecule is C=C(CN1CCOCC1)Nc1ccc(-n2cnc3ccc(-c4cncnc4)cc32)cc1. The second-order valence-corrected chi connectivity index (χ2v) is 7.61. The summed E-state index contributed by atoms with van der Waals surface area (Å²) < 4.78 is 7.50. The van der Waals surface area contributed by atoms with E-state index in [2.05, 4.69) is 66.6 Å². The maximum absolute atomic E-state index is 5.41. The van der Waals surface area contributed by atoms with E-state index in [1.165, 1.54) is 6.33 Å². The monoisotopic (exact) mass is 412 g/mol. The minimum absolute atomic E-state index is 0.792. The molecule has 31 heavy (non-hydrogen) atoms. The summed E-state index contributed by atoms with van der Waals surface area (Å²) in [5.74, 6) is 0. The fourth-order valence-corrected chi connectivity index (χ4v) is 3.82. The molecule has 0 amide bonds. The Hall–Kier alpha value is -3.55. The maximum Gasteiger partial charge on any atom is 0.115 e. The number of ether oxygens (including phenoxy) is 1. The van der Waals surface area contributed by atoms with Gasteiger partial charge in [0.1, 0.15) is 12.7 Å². The number of nitrogens with zero attached hydrogens (tertiary/aromatic N) is 5. The number of hydrogen-bond donors (Lipinski definition) is 1. The molecule has 156 valence electrons. The summed E-state index contributed by atoms with van der Waals surface area (Å²) in [5, 5.41) is 3.41. The van der Waals surface area contributed by atoms with E-state index in [0.717, 1.165) is 72.1 Å². The number of imidazole rings is 1. The fraction of sp³-hybridized carbons (Fsp3) is 0.208. The molecule has 2 aromatic carbocycles. The predicted molar refractivity (Wildman–Crippen MR) is 122 cm³/mol. The zero-order chi connectivity index (χ0) is 21.0. The van der Waals surface area contributed by atoms with Crippen LogP contribution in [-0.4, -0.2) is 57.3 Å². The molecule has 0 aliphatic carbocycles. The van der Waals surface area contributed by atoms with Crippen molar-refractivity contribution in [3.8, 4) is 16.8 Å². The number of rotatable bonds is 6. The maximum atomic E-state index is 5.41. The summed E-state index contributed by atoms with van der Waals surface area (Å²) in [6, 6.07) is 14.5. The molecule has 0 unspecified atom stereocenters. The largest absolute Gasteiger partial charge is 0.379 e. The Kier molecular flexibility index (Phi) is 5.43. The van der Waals surface area contributed by atoms with Crippen molar-refractivity contribution >= 4 is 16.7 Å². The van der Waals surface area contributed by atoms with Gasteiger partial charge in [-0.2, -0.15) is 0 Å². The van der Waals surface area contributed by atoms with Crippen LogP contribution >= 0.6 is 0 Å². The molecule has 3 heterocycles. The van der Waals surface area contributed by atoms with Crippen molar-refractivity contribution in [1.29, 1.82) is 0 Å². The highest BCUT2D eigenvalue weighted by atomic mass is 16.5.